The van der Waals surface area contributed by atoms with Crippen molar-refractivity contribution in [3.63, 3.8) is 0 Å². The highest BCUT2D eigenvalue weighted by Gasteiger charge is 2.34. The molecule has 2 aliphatic rings. The molecule has 2 aromatic heterocycles. The number of benzene rings is 1. The number of tetrazole rings is 1. The third-order valence-corrected chi connectivity index (χ3v) is 7.03. The number of piperidine rings is 1. The molecule has 3 heterocycles. The van der Waals surface area contributed by atoms with Crippen molar-refractivity contribution in [2.24, 2.45) is 5.92 Å². The fraction of sp³-hybridized carbons (Fsp3) is 0.565. The highest BCUT2D eigenvalue weighted by atomic mass is 16.1. The number of nitrogens with zero attached hydrogens (tertiary/aromatic N) is 5. The lowest BCUT2D eigenvalue weighted by molar-refractivity contribution is 0.147. The molecule has 1 aliphatic carbocycles. The number of nitrogens with one attached hydrogen (secondary N) is 1. The standard InChI is InChI=1S/C23H30N6O/c1-15-10-12-28(13-11-15)21(22-25-26-27-29(22)18-8-3-4-9-18)19-14-17-7-5-6-16(2)20(17)24-23(19)30/h5-7,14-15,18,21H,3-4,8-13H2,1-2H3,(H,24,30). The van der Waals surface area contributed by atoms with E-state index >= 15 is 0 Å². The highest BCUT2D eigenvalue weighted by molar-refractivity contribution is 5.82. The van der Waals surface area contributed by atoms with Crippen LogP contribution in [0.15, 0.2) is 29.1 Å². The Balaban J connectivity index is 1.64. The zero-order valence-electron chi connectivity index (χ0n) is 17.8. The number of pyridine rings is 1. The first-order valence-electron chi connectivity index (χ1n) is 11.3. The summed E-state index contributed by atoms with van der Waals surface area (Å²) in [6.45, 7) is 6.24. The van der Waals surface area contributed by atoms with Crippen LogP contribution in [-0.2, 0) is 0 Å². The normalized spacial score (nSPS) is 20.2. The van der Waals surface area contributed by atoms with Crippen molar-refractivity contribution in [2.45, 2.75) is 64.5 Å². The van der Waals surface area contributed by atoms with E-state index in [0.717, 1.165) is 66.6 Å². The van der Waals surface area contributed by atoms with Crippen LogP contribution in [0.5, 0.6) is 0 Å². The van der Waals surface area contributed by atoms with Crippen molar-refractivity contribution in [1.82, 2.24) is 30.1 Å². The minimum atomic E-state index is -0.221. The summed E-state index contributed by atoms with van der Waals surface area (Å²) in [4.78, 5) is 18.9. The summed E-state index contributed by atoms with van der Waals surface area (Å²) in [7, 11) is 0. The SMILES string of the molecule is Cc1cccc2cc(C(c3nnnn3C3CCCC3)N3CCC(C)CC3)c(=O)[nH]c12. The van der Waals surface area contributed by atoms with Crippen LogP contribution < -0.4 is 5.56 Å². The molecule has 158 valence electrons. The monoisotopic (exact) mass is 406 g/mol. The smallest absolute Gasteiger partial charge is 0.253 e. The van der Waals surface area contributed by atoms with Gasteiger partial charge in [0.1, 0.15) is 6.04 Å². The molecule has 30 heavy (non-hydrogen) atoms. The molecule has 3 aromatic rings. The van der Waals surface area contributed by atoms with E-state index in [4.69, 9.17) is 0 Å². The van der Waals surface area contributed by atoms with E-state index in [0.29, 0.717) is 12.0 Å². The molecule has 0 radical (unpaired) electrons. The quantitative estimate of drug-likeness (QED) is 0.714. The second kappa shape index (κ2) is 7.95. The first kappa shape index (κ1) is 19.4. The Morgan fingerprint density at radius 1 is 1.13 bits per heavy atom. The maximum absolute atomic E-state index is 13.3. The van der Waals surface area contributed by atoms with Gasteiger partial charge < -0.3 is 4.98 Å². The maximum atomic E-state index is 13.3. The summed E-state index contributed by atoms with van der Waals surface area (Å²) in [6.07, 6.45) is 6.90. The van der Waals surface area contributed by atoms with Crippen LogP contribution in [0.3, 0.4) is 0 Å². The lowest BCUT2D eigenvalue weighted by Gasteiger charge is -2.36. The van der Waals surface area contributed by atoms with Gasteiger partial charge in [0.05, 0.1) is 11.6 Å². The number of fused-ring (bicyclic) bond motifs is 1. The number of likely N-dealkylation sites (tertiary alicyclic amines) is 1. The molecule has 7 nitrogen and oxygen atoms in total. The topological polar surface area (TPSA) is 79.7 Å². The Hall–Kier alpha value is -2.54. The number of rotatable bonds is 4. The number of hydrogen-bond acceptors (Lipinski definition) is 5. The van der Waals surface area contributed by atoms with Gasteiger partial charge in [0, 0.05) is 5.56 Å². The number of para-hydroxylation sites is 1. The van der Waals surface area contributed by atoms with E-state index in [9.17, 15) is 4.79 Å². The van der Waals surface area contributed by atoms with Crippen molar-refractivity contribution < 1.29 is 0 Å². The number of aromatic amines is 1. The molecular weight excluding hydrogens is 376 g/mol. The summed E-state index contributed by atoms with van der Waals surface area (Å²) in [5, 5.41) is 14.0. The van der Waals surface area contributed by atoms with Crippen molar-refractivity contribution >= 4 is 10.9 Å². The second-order valence-corrected chi connectivity index (χ2v) is 9.13. The van der Waals surface area contributed by atoms with Gasteiger partial charge in [-0.1, -0.05) is 38.0 Å². The van der Waals surface area contributed by atoms with Gasteiger partial charge in [-0.2, -0.15) is 0 Å². The van der Waals surface area contributed by atoms with Crippen LogP contribution in [0, 0.1) is 12.8 Å². The minimum Gasteiger partial charge on any atom is -0.321 e. The molecule has 1 unspecified atom stereocenters. The van der Waals surface area contributed by atoms with Gasteiger partial charge in [0.15, 0.2) is 5.82 Å². The predicted molar refractivity (Wildman–Crippen MR) is 116 cm³/mol. The third-order valence-electron chi connectivity index (χ3n) is 7.03. The summed E-state index contributed by atoms with van der Waals surface area (Å²) < 4.78 is 2.01. The minimum absolute atomic E-state index is 0.0404. The van der Waals surface area contributed by atoms with Crippen LogP contribution >= 0.6 is 0 Å². The van der Waals surface area contributed by atoms with Crippen molar-refractivity contribution in [3.8, 4) is 0 Å². The van der Waals surface area contributed by atoms with Crippen LogP contribution in [0.2, 0.25) is 0 Å². The molecule has 0 spiro atoms. The largest absolute Gasteiger partial charge is 0.321 e. The average Bonchev–Trinajstić information content (AvgIpc) is 3.43. The van der Waals surface area contributed by atoms with Crippen LogP contribution in [0.25, 0.3) is 10.9 Å². The fourth-order valence-electron chi connectivity index (χ4n) is 5.18. The fourth-order valence-corrected chi connectivity index (χ4v) is 5.18. The summed E-state index contributed by atoms with van der Waals surface area (Å²) in [5.74, 6) is 1.53. The van der Waals surface area contributed by atoms with E-state index in [1.54, 1.807) is 0 Å². The highest BCUT2D eigenvalue weighted by Crippen LogP contribution is 2.35. The Labute approximate surface area is 176 Å². The summed E-state index contributed by atoms with van der Waals surface area (Å²) in [6, 6.07) is 8.31. The van der Waals surface area contributed by atoms with Gasteiger partial charge in [-0.15, -0.1) is 5.10 Å². The van der Waals surface area contributed by atoms with Gasteiger partial charge in [-0.25, -0.2) is 4.68 Å². The molecule has 2 fully saturated rings. The second-order valence-electron chi connectivity index (χ2n) is 9.13. The zero-order chi connectivity index (χ0) is 20.7. The molecule has 1 aliphatic heterocycles. The maximum Gasteiger partial charge on any atom is 0.253 e. The Morgan fingerprint density at radius 2 is 1.90 bits per heavy atom. The van der Waals surface area contributed by atoms with Crippen LogP contribution in [0.1, 0.15) is 74.5 Å². The predicted octanol–water partition coefficient (Wildman–Crippen LogP) is 3.76. The number of aromatic nitrogens is 5. The first-order valence-corrected chi connectivity index (χ1v) is 11.3. The molecule has 0 bridgehead atoms. The molecule has 1 N–H and O–H groups in total. The Kier molecular flexibility index (Phi) is 5.15. The van der Waals surface area contributed by atoms with E-state index in [-0.39, 0.29) is 11.6 Å². The van der Waals surface area contributed by atoms with Gasteiger partial charge in [-0.05, 0) is 79.1 Å². The molecule has 1 saturated carbocycles. The molecule has 0 amide bonds. The lowest BCUT2D eigenvalue weighted by atomic mass is 9.95. The van der Waals surface area contributed by atoms with Crippen LogP contribution in [0.4, 0.5) is 0 Å². The Bertz CT molecular complexity index is 1090. The lowest BCUT2D eigenvalue weighted by Crippen LogP contribution is -2.40. The van der Waals surface area contributed by atoms with Crippen molar-refractivity contribution in [2.75, 3.05) is 13.1 Å². The molecular formula is C23H30N6O. The molecule has 1 saturated heterocycles. The third kappa shape index (κ3) is 3.45. The van der Waals surface area contributed by atoms with Gasteiger partial charge in [-0.3, -0.25) is 9.69 Å². The van der Waals surface area contributed by atoms with E-state index in [1.807, 2.05) is 23.7 Å². The van der Waals surface area contributed by atoms with Gasteiger partial charge >= 0.3 is 0 Å². The van der Waals surface area contributed by atoms with Gasteiger partial charge in [0.25, 0.3) is 5.56 Å². The molecule has 1 aromatic carbocycles. The number of hydrogen-bond donors (Lipinski definition) is 1. The zero-order valence-corrected chi connectivity index (χ0v) is 17.8. The molecule has 1 atom stereocenters. The number of aryl methyl sites for hydroxylation is 1. The first-order chi connectivity index (χ1) is 14.6. The summed E-state index contributed by atoms with van der Waals surface area (Å²) >= 11 is 0. The van der Waals surface area contributed by atoms with Crippen LogP contribution in [-0.4, -0.2) is 43.2 Å². The van der Waals surface area contributed by atoms with Gasteiger partial charge in [0.2, 0.25) is 0 Å². The van der Waals surface area contributed by atoms with E-state index in [1.165, 1.54) is 12.8 Å². The Morgan fingerprint density at radius 3 is 2.67 bits per heavy atom. The van der Waals surface area contributed by atoms with Crippen molar-refractivity contribution in [3.05, 3.63) is 51.6 Å². The molecule has 5 rings (SSSR count). The van der Waals surface area contributed by atoms with E-state index < -0.39 is 0 Å². The van der Waals surface area contributed by atoms with E-state index in [2.05, 4.69) is 44.5 Å². The molecule has 7 heteroatoms. The van der Waals surface area contributed by atoms with Crippen molar-refractivity contribution in [1.29, 1.82) is 0 Å². The average molecular weight is 407 g/mol. The summed E-state index contributed by atoms with van der Waals surface area (Å²) in [5.41, 5.74) is 2.70. The number of H-pyrrole nitrogens is 1.